The van der Waals surface area contributed by atoms with E-state index in [0.717, 1.165) is 23.4 Å². The van der Waals surface area contributed by atoms with Gasteiger partial charge in [0.15, 0.2) is 15.8 Å². The van der Waals surface area contributed by atoms with Gasteiger partial charge in [-0.3, -0.25) is 0 Å². The van der Waals surface area contributed by atoms with E-state index in [1.54, 1.807) is 25.3 Å². The Morgan fingerprint density at radius 2 is 1.96 bits per heavy atom. The van der Waals surface area contributed by atoms with E-state index in [2.05, 4.69) is 41.4 Å². The van der Waals surface area contributed by atoms with Crippen LogP contribution in [0.1, 0.15) is 50.5 Å². The molecular formula is C20H30N4O3S. The maximum atomic E-state index is 11.7. The van der Waals surface area contributed by atoms with Crippen molar-refractivity contribution in [2.75, 3.05) is 12.8 Å². The first-order valence-electron chi connectivity index (χ1n) is 9.27. The van der Waals surface area contributed by atoms with Gasteiger partial charge in [-0.15, -0.1) is 0 Å². The van der Waals surface area contributed by atoms with Crippen LogP contribution < -0.4 is 10.6 Å². The van der Waals surface area contributed by atoms with Crippen molar-refractivity contribution in [1.82, 2.24) is 15.6 Å². The molecule has 0 aliphatic carbocycles. The smallest absolute Gasteiger partial charge is 0.213 e. The molecule has 0 fully saturated rings. The molecule has 0 bridgehead atoms. The number of aryl methyl sites for hydroxylation is 1. The van der Waals surface area contributed by atoms with E-state index in [1.807, 2.05) is 13.0 Å². The average molecular weight is 407 g/mol. The van der Waals surface area contributed by atoms with Gasteiger partial charge in [0.2, 0.25) is 5.89 Å². The molecule has 7 nitrogen and oxygen atoms in total. The van der Waals surface area contributed by atoms with Crippen molar-refractivity contribution >= 4 is 15.8 Å². The minimum absolute atomic E-state index is 0.0835. The molecule has 0 amide bonds. The molecule has 8 heteroatoms. The van der Waals surface area contributed by atoms with Crippen molar-refractivity contribution in [2.45, 2.75) is 58.0 Å². The van der Waals surface area contributed by atoms with Crippen molar-refractivity contribution in [2.24, 2.45) is 4.99 Å². The average Bonchev–Trinajstić information content (AvgIpc) is 3.05. The molecule has 1 heterocycles. The Hall–Kier alpha value is -2.35. The van der Waals surface area contributed by atoms with Gasteiger partial charge in [0.1, 0.15) is 5.76 Å². The van der Waals surface area contributed by atoms with Crippen molar-refractivity contribution in [3.05, 3.63) is 47.2 Å². The molecule has 0 radical (unpaired) electrons. The van der Waals surface area contributed by atoms with Gasteiger partial charge in [0.25, 0.3) is 0 Å². The third kappa shape index (κ3) is 6.09. The van der Waals surface area contributed by atoms with Crippen LogP contribution in [0.25, 0.3) is 0 Å². The van der Waals surface area contributed by atoms with Gasteiger partial charge in [0.05, 0.1) is 24.2 Å². The number of guanidine groups is 1. The van der Waals surface area contributed by atoms with E-state index in [-0.39, 0.29) is 5.41 Å². The first-order chi connectivity index (χ1) is 13.0. The third-order valence-electron chi connectivity index (χ3n) is 4.10. The largest absolute Gasteiger partial charge is 0.443 e. The van der Waals surface area contributed by atoms with Crippen molar-refractivity contribution in [1.29, 1.82) is 0 Å². The quantitative estimate of drug-likeness (QED) is 0.566. The molecule has 1 aromatic carbocycles. The molecule has 0 saturated carbocycles. The molecule has 1 aromatic heterocycles. The first kappa shape index (κ1) is 21.9. The summed E-state index contributed by atoms with van der Waals surface area (Å²) in [6, 6.07) is 5.28. The fourth-order valence-electron chi connectivity index (χ4n) is 2.64. The molecule has 0 aliphatic heterocycles. The van der Waals surface area contributed by atoms with Gasteiger partial charge >= 0.3 is 0 Å². The third-order valence-corrected chi connectivity index (χ3v) is 5.36. The van der Waals surface area contributed by atoms with Crippen LogP contribution in [0.2, 0.25) is 0 Å². The zero-order valence-electron chi connectivity index (χ0n) is 17.5. The van der Waals surface area contributed by atoms with Crippen molar-refractivity contribution < 1.29 is 12.8 Å². The van der Waals surface area contributed by atoms with Crippen LogP contribution in [-0.4, -0.2) is 32.2 Å². The maximum absolute atomic E-state index is 11.7. The minimum Gasteiger partial charge on any atom is -0.443 e. The summed E-state index contributed by atoms with van der Waals surface area (Å²) in [4.78, 5) is 9.22. The summed E-state index contributed by atoms with van der Waals surface area (Å²) in [7, 11) is -3.22. The number of aromatic nitrogens is 1. The van der Waals surface area contributed by atoms with Crippen molar-refractivity contribution in [3.8, 4) is 0 Å². The summed E-state index contributed by atoms with van der Waals surface area (Å²) in [5.74, 6) is 2.08. The molecule has 0 saturated heterocycles. The summed E-state index contributed by atoms with van der Waals surface area (Å²) in [5, 5.41) is 6.39. The van der Waals surface area contributed by atoms with E-state index in [0.29, 0.717) is 29.8 Å². The van der Waals surface area contributed by atoms with Gasteiger partial charge in [-0.05, 0) is 31.0 Å². The highest BCUT2D eigenvalue weighted by atomic mass is 32.2. The summed E-state index contributed by atoms with van der Waals surface area (Å²) in [5.41, 5.74) is 1.58. The molecule has 2 N–H and O–H groups in total. The second-order valence-electron chi connectivity index (χ2n) is 7.79. The molecule has 2 rings (SSSR count). The summed E-state index contributed by atoms with van der Waals surface area (Å²) in [6.07, 6.45) is 2.97. The minimum atomic E-state index is -3.22. The normalized spacial score (nSPS) is 12.9. The second-order valence-corrected chi connectivity index (χ2v) is 9.77. The Labute approximate surface area is 167 Å². The van der Waals surface area contributed by atoms with Gasteiger partial charge in [-0.25, -0.2) is 18.4 Å². The van der Waals surface area contributed by atoms with E-state index in [9.17, 15) is 8.42 Å². The number of hydrogen-bond donors (Lipinski definition) is 2. The Balaban J connectivity index is 2.06. The predicted octanol–water partition coefficient (Wildman–Crippen LogP) is 2.94. The molecule has 0 spiro atoms. The number of hydrogen-bond acceptors (Lipinski definition) is 5. The Morgan fingerprint density at radius 3 is 2.50 bits per heavy atom. The zero-order chi connectivity index (χ0) is 20.9. The molecule has 0 unspecified atom stereocenters. The van der Waals surface area contributed by atoms with Crippen molar-refractivity contribution in [3.63, 3.8) is 0 Å². The van der Waals surface area contributed by atoms with Gasteiger partial charge in [-0.1, -0.05) is 32.9 Å². The van der Waals surface area contributed by atoms with E-state index in [1.165, 1.54) is 6.26 Å². The topological polar surface area (TPSA) is 96.6 Å². The lowest BCUT2D eigenvalue weighted by molar-refractivity contribution is 0.379. The monoisotopic (exact) mass is 406 g/mol. The highest BCUT2D eigenvalue weighted by molar-refractivity contribution is 7.90. The number of aliphatic imine (C=N–C) groups is 1. The Morgan fingerprint density at radius 1 is 1.25 bits per heavy atom. The lowest BCUT2D eigenvalue weighted by atomic mass is 9.94. The standard InChI is InChI=1S/C20H30N4O3S/c1-7-21-19(24-13-18-22-12-17(27-18)20(3,4)5)23-11-15-8-9-16(14(2)10-15)28(6,25)26/h8-10,12H,7,11,13H2,1-6H3,(H2,21,23,24). The van der Waals surface area contributed by atoms with E-state index < -0.39 is 9.84 Å². The van der Waals surface area contributed by atoms with Gasteiger partial charge < -0.3 is 15.1 Å². The highest BCUT2D eigenvalue weighted by Gasteiger charge is 2.19. The van der Waals surface area contributed by atoms with Gasteiger partial charge in [-0.2, -0.15) is 0 Å². The summed E-state index contributed by atoms with van der Waals surface area (Å²) < 4.78 is 29.3. The number of oxazole rings is 1. The van der Waals surface area contributed by atoms with E-state index in [4.69, 9.17) is 4.42 Å². The lowest BCUT2D eigenvalue weighted by Gasteiger charge is -2.13. The summed E-state index contributed by atoms with van der Waals surface area (Å²) >= 11 is 0. The number of nitrogens with one attached hydrogen (secondary N) is 2. The van der Waals surface area contributed by atoms with Crippen LogP contribution >= 0.6 is 0 Å². The highest BCUT2D eigenvalue weighted by Crippen LogP contribution is 2.22. The number of benzene rings is 1. The molecule has 0 aliphatic rings. The second kappa shape index (κ2) is 8.77. The SMILES string of the molecule is CCNC(=NCc1ccc(S(C)(=O)=O)c(C)c1)NCc1ncc(C(C)(C)C)o1. The number of nitrogens with zero attached hydrogens (tertiary/aromatic N) is 2. The Bertz CT molecular complexity index is 941. The molecule has 28 heavy (non-hydrogen) atoms. The van der Waals surface area contributed by atoms with Crippen LogP contribution in [0.5, 0.6) is 0 Å². The molecule has 2 aromatic rings. The van der Waals surface area contributed by atoms with Gasteiger partial charge in [0, 0.05) is 18.2 Å². The molecule has 154 valence electrons. The fraction of sp³-hybridized carbons (Fsp3) is 0.500. The number of sulfone groups is 1. The van der Waals surface area contributed by atoms with Crippen LogP contribution in [0, 0.1) is 6.92 Å². The molecule has 0 atom stereocenters. The zero-order valence-corrected chi connectivity index (χ0v) is 18.3. The van der Waals surface area contributed by atoms with E-state index >= 15 is 0 Å². The Kier molecular flexibility index (Phi) is 6.87. The fourth-order valence-corrected chi connectivity index (χ4v) is 3.60. The van der Waals surface area contributed by atoms with Crippen LogP contribution in [-0.2, 0) is 28.3 Å². The van der Waals surface area contributed by atoms with Crippen LogP contribution in [0.4, 0.5) is 0 Å². The maximum Gasteiger partial charge on any atom is 0.213 e. The lowest BCUT2D eigenvalue weighted by Crippen LogP contribution is -2.36. The van der Waals surface area contributed by atoms with Crippen LogP contribution in [0.15, 0.2) is 38.7 Å². The van der Waals surface area contributed by atoms with Crippen LogP contribution in [0.3, 0.4) is 0 Å². The summed E-state index contributed by atoms with van der Waals surface area (Å²) in [6.45, 7) is 11.6. The molecular weight excluding hydrogens is 376 g/mol. The predicted molar refractivity (Wildman–Crippen MR) is 111 cm³/mol. The number of rotatable bonds is 6. The first-order valence-corrected chi connectivity index (χ1v) is 11.2.